The van der Waals surface area contributed by atoms with Crippen LogP contribution in [0.3, 0.4) is 0 Å². The van der Waals surface area contributed by atoms with Crippen LogP contribution in [-0.2, 0) is 11.3 Å². The second-order valence-electron chi connectivity index (χ2n) is 8.13. The van der Waals surface area contributed by atoms with E-state index in [1.807, 2.05) is 76.3 Å². The standard InChI is InChI=1S/C24H28N4O2S/c1-17-21(18(2)28(25-17)20-8-5-4-6-9-20)16-26(3)23(29)19-11-13-27(14-12-19)24(30)22-10-7-15-31-22/h4-10,15,19H,11-14,16H2,1-3H3. The van der Waals surface area contributed by atoms with Gasteiger partial charge >= 0.3 is 0 Å². The van der Waals surface area contributed by atoms with Gasteiger partial charge in [0.15, 0.2) is 0 Å². The number of piperidine rings is 1. The fourth-order valence-electron chi connectivity index (χ4n) is 4.24. The lowest BCUT2D eigenvalue weighted by Crippen LogP contribution is -2.43. The van der Waals surface area contributed by atoms with Gasteiger partial charge in [0, 0.05) is 43.9 Å². The number of carbonyl (C=O) groups is 2. The molecule has 0 N–H and O–H groups in total. The van der Waals surface area contributed by atoms with Crippen LogP contribution in [0, 0.1) is 19.8 Å². The first kappa shape index (κ1) is 21.3. The highest BCUT2D eigenvalue weighted by Crippen LogP contribution is 2.24. The second kappa shape index (κ2) is 9.06. The van der Waals surface area contributed by atoms with E-state index in [4.69, 9.17) is 5.10 Å². The van der Waals surface area contributed by atoms with E-state index in [2.05, 4.69) is 6.92 Å². The first-order chi connectivity index (χ1) is 15.0. The molecule has 2 aromatic heterocycles. The summed E-state index contributed by atoms with van der Waals surface area (Å²) in [6.07, 6.45) is 1.42. The lowest BCUT2D eigenvalue weighted by atomic mass is 9.95. The van der Waals surface area contributed by atoms with Gasteiger partial charge in [-0.05, 0) is 50.3 Å². The Kier molecular flexibility index (Phi) is 6.23. The molecule has 1 aliphatic rings. The number of benzene rings is 1. The third kappa shape index (κ3) is 4.42. The number of aromatic nitrogens is 2. The summed E-state index contributed by atoms with van der Waals surface area (Å²) in [4.78, 5) is 30.1. The number of carbonyl (C=O) groups excluding carboxylic acids is 2. The highest BCUT2D eigenvalue weighted by Gasteiger charge is 2.30. The number of amides is 2. The van der Waals surface area contributed by atoms with Crippen LogP contribution in [0.15, 0.2) is 47.8 Å². The molecule has 4 rings (SSSR count). The smallest absolute Gasteiger partial charge is 0.263 e. The predicted octanol–water partition coefficient (Wildman–Crippen LogP) is 4.06. The van der Waals surface area contributed by atoms with Gasteiger partial charge in [-0.25, -0.2) is 4.68 Å². The van der Waals surface area contributed by atoms with Crippen LogP contribution in [0.1, 0.15) is 39.5 Å². The minimum atomic E-state index is -0.0397. The van der Waals surface area contributed by atoms with Gasteiger partial charge in [-0.1, -0.05) is 24.3 Å². The molecule has 0 saturated carbocycles. The lowest BCUT2D eigenvalue weighted by molar-refractivity contribution is -0.136. The molecule has 1 aromatic carbocycles. The van der Waals surface area contributed by atoms with E-state index >= 15 is 0 Å². The summed E-state index contributed by atoms with van der Waals surface area (Å²) in [7, 11) is 1.87. The first-order valence-corrected chi connectivity index (χ1v) is 11.5. The minimum absolute atomic E-state index is 0.0397. The molecule has 0 radical (unpaired) electrons. The summed E-state index contributed by atoms with van der Waals surface area (Å²) in [5, 5.41) is 6.61. The molecule has 3 aromatic rings. The number of nitrogens with zero attached hydrogens (tertiary/aromatic N) is 4. The highest BCUT2D eigenvalue weighted by molar-refractivity contribution is 7.12. The van der Waals surface area contributed by atoms with Crippen LogP contribution in [0.25, 0.3) is 5.69 Å². The van der Waals surface area contributed by atoms with Gasteiger partial charge in [-0.15, -0.1) is 11.3 Å². The van der Waals surface area contributed by atoms with Crippen molar-refractivity contribution in [1.29, 1.82) is 0 Å². The number of para-hydroxylation sites is 1. The molecule has 162 valence electrons. The molecule has 1 fully saturated rings. The van der Waals surface area contributed by atoms with Crippen LogP contribution >= 0.6 is 11.3 Å². The van der Waals surface area contributed by atoms with Crippen LogP contribution in [-0.4, -0.2) is 51.5 Å². The minimum Gasteiger partial charge on any atom is -0.341 e. The zero-order chi connectivity index (χ0) is 22.0. The van der Waals surface area contributed by atoms with Gasteiger partial charge in [0.1, 0.15) is 0 Å². The highest BCUT2D eigenvalue weighted by atomic mass is 32.1. The molecule has 0 bridgehead atoms. The Labute approximate surface area is 187 Å². The summed E-state index contributed by atoms with van der Waals surface area (Å²) < 4.78 is 1.94. The van der Waals surface area contributed by atoms with E-state index in [1.54, 1.807) is 0 Å². The maximum atomic E-state index is 13.1. The summed E-state index contributed by atoms with van der Waals surface area (Å²) in [6.45, 7) is 5.84. The maximum absolute atomic E-state index is 13.1. The van der Waals surface area contributed by atoms with Crippen molar-refractivity contribution in [3.05, 3.63) is 69.7 Å². The third-order valence-electron chi connectivity index (χ3n) is 6.08. The largest absolute Gasteiger partial charge is 0.341 e. The number of likely N-dealkylation sites (tertiary alicyclic amines) is 1. The van der Waals surface area contributed by atoms with Crippen molar-refractivity contribution < 1.29 is 9.59 Å². The van der Waals surface area contributed by atoms with Gasteiger partial charge in [-0.3, -0.25) is 9.59 Å². The predicted molar refractivity (Wildman–Crippen MR) is 122 cm³/mol. The fourth-order valence-corrected chi connectivity index (χ4v) is 4.93. The van der Waals surface area contributed by atoms with E-state index in [1.165, 1.54) is 11.3 Å². The van der Waals surface area contributed by atoms with E-state index in [0.29, 0.717) is 32.5 Å². The Balaban J connectivity index is 1.39. The molecule has 0 unspecified atom stereocenters. The van der Waals surface area contributed by atoms with Crippen molar-refractivity contribution in [2.75, 3.05) is 20.1 Å². The van der Waals surface area contributed by atoms with Crippen molar-refractivity contribution >= 4 is 23.2 Å². The summed E-state index contributed by atoms with van der Waals surface area (Å²) in [5.74, 6) is 0.186. The summed E-state index contributed by atoms with van der Waals surface area (Å²) >= 11 is 1.47. The summed E-state index contributed by atoms with van der Waals surface area (Å²) in [5.41, 5.74) is 4.10. The Morgan fingerprint density at radius 2 is 1.81 bits per heavy atom. The maximum Gasteiger partial charge on any atom is 0.263 e. The molecule has 3 heterocycles. The van der Waals surface area contributed by atoms with Crippen molar-refractivity contribution in [2.45, 2.75) is 33.2 Å². The molecule has 1 aliphatic heterocycles. The molecule has 0 atom stereocenters. The molecule has 0 aliphatic carbocycles. The number of hydrogen-bond donors (Lipinski definition) is 0. The van der Waals surface area contributed by atoms with Gasteiger partial charge in [-0.2, -0.15) is 5.10 Å². The molecule has 0 spiro atoms. The van der Waals surface area contributed by atoms with Crippen LogP contribution < -0.4 is 0 Å². The number of hydrogen-bond acceptors (Lipinski definition) is 4. The lowest BCUT2D eigenvalue weighted by Gasteiger charge is -2.33. The van der Waals surface area contributed by atoms with Crippen LogP contribution in [0.2, 0.25) is 0 Å². The molecule has 2 amide bonds. The molecule has 31 heavy (non-hydrogen) atoms. The Morgan fingerprint density at radius 1 is 1.10 bits per heavy atom. The Morgan fingerprint density at radius 3 is 2.45 bits per heavy atom. The van der Waals surface area contributed by atoms with Gasteiger partial charge < -0.3 is 9.80 Å². The molecular weight excluding hydrogens is 408 g/mol. The average molecular weight is 437 g/mol. The monoisotopic (exact) mass is 436 g/mol. The fraction of sp³-hybridized carbons (Fsp3) is 0.375. The quantitative estimate of drug-likeness (QED) is 0.606. The Bertz CT molecular complexity index is 1050. The topological polar surface area (TPSA) is 58.4 Å². The number of aryl methyl sites for hydroxylation is 1. The van der Waals surface area contributed by atoms with Gasteiger partial charge in [0.2, 0.25) is 5.91 Å². The average Bonchev–Trinajstić information content (AvgIpc) is 3.43. The number of rotatable bonds is 5. The first-order valence-electron chi connectivity index (χ1n) is 10.6. The number of thiophene rings is 1. The van der Waals surface area contributed by atoms with Gasteiger partial charge in [0.25, 0.3) is 5.91 Å². The van der Waals surface area contributed by atoms with Crippen molar-refractivity contribution in [2.24, 2.45) is 5.92 Å². The van der Waals surface area contributed by atoms with Crippen LogP contribution in [0.5, 0.6) is 0 Å². The van der Waals surface area contributed by atoms with E-state index in [9.17, 15) is 9.59 Å². The molecule has 1 saturated heterocycles. The van der Waals surface area contributed by atoms with E-state index < -0.39 is 0 Å². The molecule has 7 heteroatoms. The van der Waals surface area contributed by atoms with Crippen LogP contribution in [0.4, 0.5) is 0 Å². The van der Waals surface area contributed by atoms with Crippen molar-refractivity contribution in [3.8, 4) is 5.69 Å². The third-order valence-corrected chi connectivity index (χ3v) is 6.93. The van der Waals surface area contributed by atoms with Gasteiger partial charge in [0.05, 0.1) is 16.3 Å². The summed E-state index contributed by atoms with van der Waals surface area (Å²) in [6, 6.07) is 13.8. The SMILES string of the molecule is Cc1nn(-c2ccccc2)c(C)c1CN(C)C(=O)C1CCN(C(=O)c2cccs2)CC1. The van der Waals surface area contributed by atoms with E-state index in [0.717, 1.165) is 27.5 Å². The zero-order valence-corrected chi connectivity index (χ0v) is 19.1. The second-order valence-corrected chi connectivity index (χ2v) is 9.08. The Hall–Kier alpha value is -2.93. The zero-order valence-electron chi connectivity index (χ0n) is 18.2. The normalized spacial score (nSPS) is 14.6. The van der Waals surface area contributed by atoms with Crippen molar-refractivity contribution in [1.82, 2.24) is 19.6 Å². The molecular formula is C24H28N4O2S. The molecule has 6 nitrogen and oxygen atoms in total. The van der Waals surface area contributed by atoms with E-state index in [-0.39, 0.29) is 17.7 Å². The van der Waals surface area contributed by atoms with Crippen molar-refractivity contribution in [3.63, 3.8) is 0 Å².